The van der Waals surface area contributed by atoms with Crippen molar-refractivity contribution in [3.63, 3.8) is 0 Å². The zero-order valence-electron chi connectivity index (χ0n) is 8.42. The lowest BCUT2D eigenvalue weighted by Crippen LogP contribution is -2.31. The van der Waals surface area contributed by atoms with Gasteiger partial charge in [-0.05, 0) is 6.42 Å². The van der Waals surface area contributed by atoms with Crippen molar-refractivity contribution in [1.82, 2.24) is 5.32 Å². The molecule has 0 aromatic rings. The zero-order chi connectivity index (χ0) is 12.7. The van der Waals surface area contributed by atoms with E-state index in [1.807, 2.05) is 0 Å². The van der Waals surface area contributed by atoms with Crippen molar-refractivity contribution in [2.45, 2.75) is 25.2 Å². The summed E-state index contributed by atoms with van der Waals surface area (Å²) >= 11 is 0. The molecule has 0 bridgehead atoms. The summed E-state index contributed by atoms with van der Waals surface area (Å²) in [5, 5.41) is 2.06. The van der Waals surface area contributed by atoms with Gasteiger partial charge in [0.1, 0.15) is 0 Å². The predicted molar refractivity (Wildman–Crippen MR) is 45.0 cm³/mol. The van der Waals surface area contributed by atoms with Gasteiger partial charge in [-0.1, -0.05) is 0 Å². The summed E-state index contributed by atoms with van der Waals surface area (Å²) < 4.78 is 74.4. The van der Waals surface area contributed by atoms with Crippen molar-refractivity contribution in [3.8, 4) is 0 Å². The number of hydrogen-bond acceptors (Lipinski definition) is 2. The average Bonchev–Trinajstić information content (AvgIpc) is 2.06. The molecule has 16 heavy (non-hydrogen) atoms. The molecule has 0 radical (unpaired) electrons. The van der Waals surface area contributed by atoms with E-state index in [0.717, 1.165) is 0 Å². The van der Waals surface area contributed by atoms with Gasteiger partial charge in [0.15, 0.2) is 0 Å². The summed E-state index contributed by atoms with van der Waals surface area (Å²) in [7, 11) is 0. The minimum absolute atomic E-state index is 0.0338. The Hall–Kier alpha value is -0.500. The van der Waals surface area contributed by atoms with Crippen LogP contribution in [0.2, 0.25) is 0 Å². The summed E-state index contributed by atoms with van der Waals surface area (Å²) in [5.74, 6) is 0. The highest BCUT2D eigenvalue weighted by Gasteiger charge is 2.26. The molecule has 0 aromatic carbocycles. The standard InChI is InChI=1S/C8H13F6NO/c9-7(10,11)2-1-4-16-5-3-15-6-8(12,13)14/h15H,1-6H2. The van der Waals surface area contributed by atoms with Crippen molar-refractivity contribution in [2.75, 3.05) is 26.3 Å². The molecule has 0 aliphatic heterocycles. The summed E-state index contributed by atoms with van der Waals surface area (Å²) in [6.45, 7) is -1.30. The van der Waals surface area contributed by atoms with Gasteiger partial charge in [-0.25, -0.2) is 0 Å². The molecule has 0 unspecified atom stereocenters. The van der Waals surface area contributed by atoms with E-state index >= 15 is 0 Å². The van der Waals surface area contributed by atoms with Crippen molar-refractivity contribution in [1.29, 1.82) is 0 Å². The van der Waals surface area contributed by atoms with E-state index in [9.17, 15) is 26.3 Å². The van der Waals surface area contributed by atoms with Crippen LogP contribution in [0.15, 0.2) is 0 Å². The number of ether oxygens (including phenoxy) is 1. The van der Waals surface area contributed by atoms with Gasteiger partial charge < -0.3 is 10.1 Å². The minimum atomic E-state index is -4.28. The Morgan fingerprint density at radius 1 is 0.875 bits per heavy atom. The number of halogens is 6. The molecule has 0 fully saturated rings. The van der Waals surface area contributed by atoms with Gasteiger partial charge in [0.05, 0.1) is 13.2 Å². The summed E-state index contributed by atoms with van der Waals surface area (Å²) in [5.41, 5.74) is 0. The topological polar surface area (TPSA) is 21.3 Å². The maximum atomic E-state index is 11.6. The third-order valence-corrected chi connectivity index (χ3v) is 1.50. The molecule has 0 atom stereocenters. The molecule has 0 saturated heterocycles. The molecule has 98 valence electrons. The van der Waals surface area contributed by atoms with Crippen molar-refractivity contribution >= 4 is 0 Å². The second-order valence-electron chi connectivity index (χ2n) is 3.12. The Morgan fingerprint density at radius 3 is 2.00 bits per heavy atom. The zero-order valence-corrected chi connectivity index (χ0v) is 8.42. The second-order valence-corrected chi connectivity index (χ2v) is 3.12. The van der Waals surface area contributed by atoms with Gasteiger partial charge in [0.25, 0.3) is 0 Å². The predicted octanol–water partition coefficient (Wildman–Crippen LogP) is 2.50. The third-order valence-electron chi connectivity index (χ3n) is 1.50. The van der Waals surface area contributed by atoms with Gasteiger partial charge in [0.2, 0.25) is 0 Å². The van der Waals surface area contributed by atoms with Crippen LogP contribution >= 0.6 is 0 Å². The van der Waals surface area contributed by atoms with Crippen LogP contribution in [0.25, 0.3) is 0 Å². The van der Waals surface area contributed by atoms with Crippen LogP contribution in [0.5, 0.6) is 0 Å². The minimum Gasteiger partial charge on any atom is -0.380 e. The molecule has 0 aliphatic rings. The lowest BCUT2D eigenvalue weighted by atomic mass is 10.3. The first-order valence-corrected chi connectivity index (χ1v) is 4.63. The van der Waals surface area contributed by atoms with E-state index in [1.54, 1.807) is 0 Å². The molecule has 0 aromatic heterocycles. The van der Waals surface area contributed by atoms with Crippen LogP contribution in [0, 0.1) is 0 Å². The van der Waals surface area contributed by atoms with E-state index in [-0.39, 0.29) is 26.2 Å². The third kappa shape index (κ3) is 13.5. The van der Waals surface area contributed by atoms with Crippen LogP contribution < -0.4 is 5.32 Å². The van der Waals surface area contributed by atoms with E-state index < -0.39 is 25.3 Å². The molecule has 2 nitrogen and oxygen atoms in total. The fourth-order valence-corrected chi connectivity index (χ4v) is 0.851. The van der Waals surface area contributed by atoms with E-state index in [4.69, 9.17) is 4.74 Å². The molecule has 8 heteroatoms. The Balaban J connectivity index is 3.17. The first-order valence-electron chi connectivity index (χ1n) is 4.63. The first-order chi connectivity index (χ1) is 7.21. The number of hydrogen-bond donors (Lipinski definition) is 1. The molecule has 0 heterocycles. The van der Waals surface area contributed by atoms with Crippen LogP contribution in [0.3, 0.4) is 0 Å². The largest absolute Gasteiger partial charge is 0.401 e. The second kappa shape index (κ2) is 6.95. The number of rotatable bonds is 7. The maximum Gasteiger partial charge on any atom is 0.401 e. The number of alkyl halides is 6. The van der Waals surface area contributed by atoms with Crippen LogP contribution in [-0.2, 0) is 4.74 Å². The smallest absolute Gasteiger partial charge is 0.380 e. The van der Waals surface area contributed by atoms with Crippen LogP contribution in [-0.4, -0.2) is 38.7 Å². The highest BCUT2D eigenvalue weighted by atomic mass is 19.4. The van der Waals surface area contributed by atoms with Gasteiger partial charge in [-0.3, -0.25) is 0 Å². The Morgan fingerprint density at radius 2 is 1.50 bits per heavy atom. The normalized spacial score (nSPS) is 13.1. The van der Waals surface area contributed by atoms with Crippen molar-refractivity contribution in [3.05, 3.63) is 0 Å². The van der Waals surface area contributed by atoms with Crippen LogP contribution in [0.1, 0.15) is 12.8 Å². The van der Waals surface area contributed by atoms with Crippen molar-refractivity contribution in [2.24, 2.45) is 0 Å². The van der Waals surface area contributed by atoms with Gasteiger partial charge in [-0.2, -0.15) is 26.3 Å². The molecular weight excluding hydrogens is 240 g/mol. The molecular formula is C8H13F6NO. The van der Waals surface area contributed by atoms with Gasteiger partial charge in [0, 0.05) is 19.6 Å². The highest BCUT2D eigenvalue weighted by Crippen LogP contribution is 2.20. The lowest BCUT2D eigenvalue weighted by Gasteiger charge is -2.09. The highest BCUT2D eigenvalue weighted by molar-refractivity contribution is 4.55. The Labute approximate surface area is 89.0 Å². The molecule has 0 saturated carbocycles. The first kappa shape index (κ1) is 15.5. The van der Waals surface area contributed by atoms with E-state index in [2.05, 4.69) is 5.32 Å². The lowest BCUT2D eigenvalue weighted by molar-refractivity contribution is -0.138. The summed E-state index contributed by atoms with van der Waals surface area (Å²) in [6.07, 6.45) is -9.61. The fraction of sp³-hybridized carbons (Fsp3) is 1.00. The van der Waals surface area contributed by atoms with E-state index in [1.165, 1.54) is 0 Å². The molecule has 0 amide bonds. The van der Waals surface area contributed by atoms with Gasteiger partial charge in [-0.15, -0.1) is 0 Å². The molecule has 0 rings (SSSR count). The monoisotopic (exact) mass is 253 g/mol. The molecule has 0 spiro atoms. The molecule has 0 aliphatic carbocycles. The number of nitrogens with one attached hydrogen (secondary N) is 1. The SMILES string of the molecule is FC(F)(F)CCCOCCNCC(F)(F)F. The van der Waals surface area contributed by atoms with E-state index in [0.29, 0.717) is 0 Å². The summed E-state index contributed by atoms with van der Waals surface area (Å²) in [4.78, 5) is 0. The Bertz CT molecular complexity index is 158. The molecule has 1 N–H and O–H groups in total. The quantitative estimate of drug-likeness (QED) is 0.556. The Kier molecular flexibility index (Phi) is 6.73. The van der Waals surface area contributed by atoms with Crippen molar-refractivity contribution < 1.29 is 31.1 Å². The fourth-order valence-electron chi connectivity index (χ4n) is 0.851. The van der Waals surface area contributed by atoms with Gasteiger partial charge >= 0.3 is 12.4 Å². The average molecular weight is 253 g/mol. The van der Waals surface area contributed by atoms with Crippen LogP contribution in [0.4, 0.5) is 26.3 Å². The summed E-state index contributed by atoms with van der Waals surface area (Å²) in [6, 6.07) is 0. The maximum absolute atomic E-state index is 11.6.